The number of para-hydroxylation sites is 1. The fraction of sp³-hybridized carbons (Fsp3) is 0.273. The van der Waals surface area contributed by atoms with Crippen molar-refractivity contribution in [3.63, 3.8) is 0 Å². The molecule has 1 aromatic carbocycles. The lowest BCUT2D eigenvalue weighted by molar-refractivity contribution is -0.139. The van der Waals surface area contributed by atoms with Crippen LogP contribution in [0.3, 0.4) is 0 Å². The summed E-state index contributed by atoms with van der Waals surface area (Å²) in [5.74, 6) is -0.344. The zero-order valence-electron chi connectivity index (χ0n) is 9.82. The van der Waals surface area contributed by atoms with Gasteiger partial charge < -0.3 is 5.11 Å². The van der Waals surface area contributed by atoms with Crippen LogP contribution in [0.4, 0.5) is 0 Å². The van der Waals surface area contributed by atoms with E-state index in [1.165, 1.54) is 0 Å². The number of rotatable bonds is 5. The van der Waals surface area contributed by atoms with Gasteiger partial charge in [0, 0.05) is 0 Å². The fourth-order valence-corrected chi connectivity index (χ4v) is 1.42. The summed E-state index contributed by atoms with van der Waals surface area (Å²) in [6.07, 6.45) is 0. The highest BCUT2D eigenvalue weighted by Gasteiger charge is 2.13. The van der Waals surface area contributed by atoms with E-state index in [4.69, 9.17) is 5.11 Å². The number of tetrazole rings is 1. The minimum atomic E-state index is -0.909. The summed E-state index contributed by atoms with van der Waals surface area (Å²) < 4.78 is 1.57. The monoisotopic (exact) mass is 247 g/mol. The van der Waals surface area contributed by atoms with E-state index in [2.05, 4.69) is 20.8 Å². The van der Waals surface area contributed by atoms with Crippen LogP contribution < -0.4 is 5.32 Å². The van der Waals surface area contributed by atoms with Gasteiger partial charge in [0.25, 0.3) is 0 Å². The van der Waals surface area contributed by atoms with Crippen molar-refractivity contribution in [3.05, 3.63) is 36.2 Å². The van der Waals surface area contributed by atoms with Gasteiger partial charge in [-0.3, -0.25) is 10.1 Å². The number of carboxylic acids is 1. The molecule has 2 N–H and O–H groups in total. The Labute approximate surface area is 103 Å². The molecule has 0 aliphatic carbocycles. The number of hydrogen-bond donors (Lipinski definition) is 2. The second-order valence-electron chi connectivity index (χ2n) is 3.78. The van der Waals surface area contributed by atoms with E-state index in [-0.39, 0.29) is 6.54 Å². The van der Waals surface area contributed by atoms with E-state index in [1.54, 1.807) is 11.6 Å². The molecule has 1 atom stereocenters. The third kappa shape index (κ3) is 2.69. The SMILES string of the molecule is C[C@@H](NCc1nnnn1-c1ccccc1)C(=O)O. The predicted molar refractivity (Wildman–Crippen MR) is 63.1 cm³/mol. The average molecular weight is 247 g/mol. The number of aliphatic carboxylic acids is 1. The van der Waals surface area contributed by atoms with E-state index >= 15 is 0 Å². The summed E-state index contributed by atoms with van der Waals surface area (Å²) in [7, 11) is 0. The lowest BCUT2D eigenvalue weighted by Crippen LogP contribution is -2.33. The highest BCUT2D eigenvalue weighted by Crippen LogP contribution is 2.06. The molecule has 0 aliphatic heterocycles. The molecule has 0 radical (unpaired) electrons. The molecule has 0 bridgehead atoms. The van der Waals surface area contributed by atoms with Crippen molar-refractivity contribution in [1.82, 2.24) is 25.5 Å². The van der Waals surface area contributed by atoms with Crippen LogP contribution in [0.2, 0.25) is 0 Å². The molecule has 0 saturated heterocycles. The van der Waals surface area contributed by atoms with E-state index in [0.29, 0.717) is 5.82 Å². The van der Waals surface area contributed by atoms with Crippen molar-refractivity contribution >= 4 is 5.97 Å². The van der Waals surface area contributed by atoms with Gasteiger partial charge in [-0.2, -0.15) is 4.68 Å². The summed E-state index contributed by atoms with van der Waals surface area (Å²) in [6, 6.07) is 8.77. The van der Waals surface area contributed by atoms with Crippen LogP contribution in [0.25, 0.3) is 5.69 Å². The van der Waals surface area contributed by atoms with Crippen molar-refractivity contribution in [2.45, 2.75) is 19.5 Å². The molecule has 7 heteroatoms. The molecule has 1 aromatic heterocycles. The molecule has 18 heavy (non-hydrogen) atoms. The van der Waals surface area contributed by atoms with Crippen molar-refractivity contribution in [2.24, 2.45) is 0 Å². The maximum atomic E-state index is 10.7. The molecule has 0 fully saturated rings. The zero-order chi connectivity index (χ0) is 13.0. The molecule has 7 nitrogen and oxygen atoms in total. The number of carbonyl (C=O) groups is 1. The van der Waals surface area contributed by atoms with Crippen LogP contribution in [0.5, 0.6) is 0 Å². The maximum absolute atomic E-state index is 10.7. The molecular formula is C11H13N5O2. The standard InChI is InChI=1S/C11H13N5O2/c1-8(11(17)18)12-7-10-13-14-15-16(10)9-5-3-2-4-6-9/h2-6,8,12H,7H2,1H3,(H,17,18)/t8-/m1/s1. The van der Waals surface area contributed by atoms with Gasteiger partial charge in [-0.25, -0.2) is 0 Å². The number of hydrogen-bond acceptors (Lipinski definition) is 5. The quantitative estimate of drug-likeness (QED) is 0.785. The number of nitrogens with one attached hydrogen (secondary N) is 1. The second-order valence-corrected chi connectivity index (χ2v) is 3.78. The van der Waals surface area contributed by atoms with Gasteiger partial charge in [0.05, 0.1) is 12.2 Å². The van der Waals surface area contributed by atoms with Crippen LogP contribution >= 0.6 is 0 Å². The predicted octanol–water partition coefficient (Wildman–Crippen LogP) is 0.225. The Morgan fingerprint density at radius 3 is 2.83 bits per heavy atom. The highest BCUT2D eigenvalue weighted by molar-refractivity contribution is 5.72. The van der Waals surface area contributed by atoms with Crippen molar-refractivity contribution in [3.8, 4) is 5.69 Å². The van der Waals surface area contributed by atoms with Gasteiger partial charge in [0.1, 0.15) is 6.04 Å². The number of benzene rings is 1. The molecule has 2 rings (SSSR count). The molecule has 0 unspecified atom stereocenters. The third-order valence-electron chi connectivity index (χ3n) is 2.47. The Bertz CT molecular complexity index is 525. The zero-order valence-corrected chi connectivity index (χ0v) is 9.82. The minimum Gasteiger partial charge on any atom is -0.480 e. The van der Waals surface area contributed by atoms with Gasteiger partial charge in [-0.1, -0.05) is 18.2 Å². The summed E-state index contributed by atoms with van der Waals surface area (Å²) in [4.78, 5) is 10.7. The Balaban J connectivity index is 2.12. The molecule has 94 valence electrons. The van der Waals surface area contributed by atoms with Crippen LogP contribution in [0.1, 0.15) is 12.7 Å². The first-order valence-corrected chi connectivity index (χ1v) is 5.47. The Morgan fingerprint density at radius 1 is 1.44 bits per heavy atom. The molecule has 0 spiro atoms. The topological polar surface area (TPSA) is 92.9 Å². The first-order valence-electron chi connectivity index (χ1n) is 5.47. The van der Waals surface area contributed by atoms with Crippen molar-refractivity contribution < 1.29 is 9.90 Å². The van der Waals surface area contributed by atoms with Crippen LogP contribution in [-0.4, -0.2) is 37.3 Å². The Morgan fingerprint density at radius 2 is 2.17 bits per heavy atom. The lowest BCUT2D eigenvalue weighted by atomic mass is 10.3. The van der Waals surface area contributed by atoms with Gasteiger partial charge in [-0.15, -0.1) is 5.10 Å². The normalized spacial score (nSPS) is 12.3. The number of carboxylic acid groups (broad SMARTS) is 1. The summed E-state index contributed by atoms with van der Waals surface area (Å²) >= 11 is 0. The average Bonchev–Trinajstić information content (AvgIpc) is 2.85. The lowest BCUT2D eigenvalue weighted by Gasteiger charge is -2.08. The highest BCUT2D eigenvalue weighted by atomic mass is 16.4. The van der Waals surface area contributed by atoms with Crippen LogP contribution in [0.15, 0.2) is 30.3 Å². The molecule has 0 amide bonds. The van der Waals surface area contributed by atoms with E-state index in [1.807, 2.05) is 30.3 Å². The summed E-state index contributed by atoms with van der Waals surface area (Å²) in [6.45, 7) is 1.86. The first-order chi connectivity index (χ1) is 8.68. The molecule has 0 saturated carbocycles. The van der Waals surface area contributed by atoms with Gasteiger partial charge in [-0.05, 0) is 29.5 Å². The van der Waals surface area contributed by atoms with Crippen LogP contribution in [0, 0.1) is 0 Å². The van der Waals surface area contributed by atoms with E-state index in [9.17, 15) is 4.79 Å². The van der Waals surface area contributed by atoms with E-state index < -0.39 is 12.0 Å². The largest absolute Gasteiger partial charge is 0.480 e. The van der Waals surface area contributed by atoms with E-state index in [0.717, 1.165) is 5.69 Å². The Hall–Kier alpha value is -2.28. The summed E-state index contributed by atoms with van der Waals surface area (Å²) in [5, 5.41) is 23.0. The van der Waals surface area contributed by atoms with Gasteiger partial charge in [0.2, 0.25) is 0 Å². The minimum absolute atomic E-state index is 0.287. The van der Waals surface area contributed by atoms with Crippen molar-refractivity contribution in [1.29, 1.82) is 0 Å². The summed E-state index contributed by atoms with van der Waals surface area (Å²) in [5.41, 5.74) is 0.835. The molecule has 2 aromatic rings. The van der Waals surface area contributed by atoms with Gasteiger partial charge >= 0.3 is 5.97 Å². The second kappa shape index (κ2) is 5.37. The molecular weight excluding hydrogens is 234 g/mol. The smallest absolute Gasteiger partial charge is 0.320 e. The third-order valence-corrected chi connectivity index (χ3v) is 2.47. The Kier molecular flexibility index (Phi) is 3.63. The number of aromatic nitrogens is 4. The molecule has 1 heterocycles. The fourth-order valence-electron chi connectivity index (χ4n) is 1.42. The maximum Gasteiger partial charge on any atom is 0.320 e. The number of nitrogens with zero attached hydrogens (tertiary/aromatic N) is 4. The first kappa shape index (κ1) is 12.2. The van der Waals surface area contributed by atoms with Crippen LogP contribution in [-0.2, 0) is 11.3 Å². The van der Waals surface area contributed by atoms with Crippen molar-refractivity contribution in [2.75, 3.05) is 0 Å². The molecule has 0 aliphatic rings. The van der Waals surface area contributed by atoms with Gasteiger partial charge in [0.15, 0.2) is 5.82 Å².